The van der Waals surface area contributed by atoms with E-state index in [1.165, 1.54) is 25.7 Å². The van der Waals surface area contributed by atoms with Crippen LogP contribution < -0.4 is 0 Å². The molecule has 86 valence electrons. The van der Waals surface area contributed by atoms with Crippen molar-refractivity contribution in [1.29, 1.82) is 0 Å². The lowest BCUT2D eigenvalue weighted by atomic mass is 9.71. The summed E-state index contributed by atoms with van der Waals surface area (Å²) in [6.45, 7) is 4.61. The van der Waals surface area contributed by atoms with Crippen molar-refractivity contribution >= 4 is 16.8 Å². The Kier molecular flexibility index (Phi) is 3.39. The summed E-state index contributed by atoms with van der Waals surface area (Å²) in [6, 6.07) is 0. The van der Waals surface area contributed by atoms with Gasteiger partial charge in [-0.15, -0.1) is 0 Å². The topological polar surface area (TPSA) is 17.1 Å². The third-order valence-electron chi connectivity index (χ3n) is 4.86. The Bertz CT molecular complexity index is 251. The van der Waals surface area contributed by atoms with Crippen molar-refractivity contribution in [2.45, 2.75) is 46.0 Å². The largest absolute Gasteiger partial charge is 0.281 e. The Labute approximate surface area is 97.6 Å². The Morgan fingerprint density at radius 3 is 2.40 bits per heavy atom. The molecule has 2 bridgehead atoms. The molecule has 15 heavy (non-hydrogen) atoms. The molecular weight excluding hydrogens is 208 g/mol. The van der Waals surface area contributed by atoms with Gasteiger partial charge in [0.1, 0.15) is 0 Å². The van der Waals surface area contributed by atoms with Crippen LogP contribution >= 0.6 is 11.6 Å². The monoisotopic (exact) mass is 228 g/mol. The van der Waals surface area contributed by atoms with Crippen LogP contribution in [0.4, 0.5) is 0 Å². The molecule has 2 aliphatic carbocycles. The molecule has 0 aromatic heterocycles. The minimum atomic E-state index is -0.129. The molecule has 0 heterocycles. The molecule has 0 aliphatic heterocycles. The van der Waals surface area contributed by atoms with E-state index in [4.69, 9.17) is 11.6 Å². The van der Waals surface area contributed by atoms with Crippen molar-refractivity contribution in [3.63, 3.8) is 0 Å². The van der Waals surface area contributed by atoms with Gasteiger partial charge in [-0.05, 0) is 54.0 Å². The van der Waals surface area contributed by atoms with Gasteiger partial charge in [0.15, 0.2) is 0 Å². The third kappa shape index (κ3) is 1.95. The fraction of sp³-hybridized carbons (Fsp3) is 0.923. The summed E-state index contributed by atoms with van der Waals surface area (Å²) >= 11 is 5.52. The van der Waals surface area contributed by atoms with Crippen molar-refractivity contribution < 1.29 is 4.79 Å². The highest BCUT2D eigenvalue weighted by atomic mass is 35.5. The second-order valence-electron chi connectivity index (χ2n) is 5.36. The molecule has 2 fully saturated rings. The van der Waals surface area contributed by atoms with Crippen LogP contribution in [0.2, 0.25) is 0 Å². The first-order chi connectivity index (χ1) is 7.17. The highest BCUT2D eigenvalue weighted by Crippen LogP contribution is 2.58. The van der Waals surface area contributed by atoms with Gasteiger partial charge in [-0.1, -0.05) is 26.7 Å². The SMILES string of the molecule is CCC1C2CC(CC(=O)Cl)C(C2)C1CC. The number of hydrogen-bond acceptors (Lipinski definition) is 1. The first kappa shape index (κ1) is 11.4. The quantitative estimate of drug-likeness (QED) is 0.668. The van der Waals surface area contributed by atoms with Crippen molar-refractivity contribution in [3.8, 4) is 0 Å². The Hall–Kier alpha value is -0.0400. The number of carbonyl (C=O) groups excluding carboxylic acids is 1. The molecule has 2 heteroatoms. The maximum absolute atomic E-state index is 11.0. The van der Waals surface area contributed by atoms with Crippen molar-refractivity contribution in [2.75, 3.05) is 0 Å². The van der Waals surface area contributed by atoms with E-state index < -0.39 is 0 Å². The maximum Gasteiger partial charge on any atom is 0.221 e. The zero-order chi connectivity index (χ0) is 11.0. The van der Waals surface area contributed by atoms with Gasteiger partial charge in [0.05, 0.1) is 0 Å². The summed E-state index contributed by atoms with van der Waals surface area (Å²) in [4.78, 5) is 11.0. The second kappa shape index (κ2) is 4.45. The maximum atomic E-state index is 11.0. The third-order valence-corrected chi connectivity index (χ3v) is 5.01. The average Bonchev–Trinajstić information content (AvgIpc) is 2.72. The first-order valence-electron chi connectivity index (χ1n) is 6.35. The van der Waals surface area contributed by atoms with E-state index >= 15 is 0 Å². The molecule has 0 amide bonds. The van der Waals surface area contributed by atoms with E-state index in [9.17, 15) is 4.79 Å². The minimum absolute atomic E-state index is 0.129. The van der Waals surface area contributed by atoms with Gasteiger partial charge in [-0.2, -0.15) is 0 Å². The summed E-state index contributed by atoms with van der Waals surface area (Å²) < 4.78 is 0. The van der Waals surface area contributed by atoms with Crippen molar-refractivity contribution in [2.24, 2.45) is 29.6 Å². The highest BCUT2D eigenvalue weighted by molar-refractivity contribution is 6.63. The number of hydrogen-bond donors (Lipinski definition) is 0. The van der Waals surface area contributed by atoms with Gasteiger partial charge in [0, 0.05) is 6.42 Å². The van der Waals surface area contributed by atoms with Crippen LogP contribution in [0.15, 0.2) is 0 Å². The molecule has 0 N–H and O–H groups in total. The molecule has 2 rings (SSSR count). The summed E-state index contributed by atoms with van der Waals surface area (Å²) in [5.41, 5.74) is 0. The molecule has 5 atom stereocenters. The number of fused-ring (bicyclic) bond motifs is 2. The fourth-order valence-corrected chi connectivity index (χ4v) is 4.62. The smallest absolute Gasteiger partial charge is 0.221 e. The van der Waals surface area contributed by atoms with Crippen molar-refractivity contribution in [3.05, 3.63) is 0 Å². The summed E-state index contributed by atoms with van der Waals surface area (Å²) in [5.74, 6) is 4.10. The van der Waals surface area contributed by atoms with Gasteiger partial charge >= 0.3 is 0 Å². The highest BCUT2D eigenvalue weighted by Gasteiger charge is 2.50. The van der Waals surface area contributed by atoms with E-state index in [0.717, 1.165) is 23.7 Å². The lowest BCUT2D eigenvalue weighted by Crippen LogP contribution is -2.28. The van der Waals surface area contributed by atoms with E-state index in [1.54, 1.807) is 0 Å². The Morgan fingerprint density at radius 1 is 1.20 bits per heavy atom. The lowest BCUT2D eigenvalue weighted by Gasteiger charge is -2.34. The van der Waals surface area contributed by atoms with E-state index in [2.05, 4.69) is 13.8 Å². The van der Waals surface area contributed by atoms with Crippen LogP contribution in [-0.4, -0.2) is 5.24 Å². The van der Waals surface area contributed by atoms with Gasteiger partial charge < -0.3 is 0 Å². The molecule has 0 aromatic rings. The molecule has 5 unspecified atom stereocenters. The summed E-state index contributed by atoms with van der Waals surface area (Å²) in [5, 5.41) is -0.129. The molecule has 0 spiro atoms. The summed E-state index contributed by atoms with van der Waals surface area (Å²) in [7, 11) is 0. The zero-order valence-corrected chi connectivity index (χ0v) is 10.5. The van der Waals surface area contributed by atoms with Crippen LogP contribution in [0.3, 0.4) is 0 Å². The number of halogens is 1. The van der Waals surface area contributed by atoms with Crippen LogP contribution in [0.25, 0.3) is 0 Å². The van der Waals surface area contributed by atoms with Gasteiger partial charge in [0.25, 0.3) is 0 Å². The molecule has 0 radical (unpaired) electrons. The molecular formula is C13H21ClO. The van der Waals surface area contributed by atoms with Crippen LogP contribution in [0.1, 0.15) is 46.0 Å². The number of rotatable bonds is 4. The van der Waals surface area contributed by atoms with Crippen LogP contribution in [0, 0.1) is 29.6 Å². The lowest BCUT2D eigenvalue weighted by molar-refractivity contribution is -0.113. The van der Waals surface area contributed by atoms with E-state index in [-0.39, 0.29) is 5.24 Å². The van der Waals surface area contributed by atoms with E-state index in [0.29, 0.717) is 12.3 Å². The van der Waals surface area contributed by atoms with E-state index in [1.807, 2.05) is 0 Å². The molecule has 1 nitrogen and oxygen atoms in total. The van der Waals surface area contributed by atoms with Crippen LogP contribution in [-0.2, 0) is 4.79 Å². The average molecular weight is 229 g/mol. The molecule has 0 aromatic carbocycles. The first-order valence-corrected chi connectivity index (χ1v) is 6.73. The predicted octanol–water partition coefficient (Wildman–Crippen LogP) is 3.85. The molecule has 0 saturated heterocycles. The fourth-order valence-electron chi connectivity index (χ4n) is 4.43. The zero-order valence-electron chi connectivity index (χ0n) is 9.71. The van der Waals surface area contributed by atoms with Gasteiger partial charge in [-0.25, -0.2) is 0 Å². The van der Waals surface area contributed by atoms with Crippen LogP contribution in [0.5, 0.6) is 0 Å². The predicted molar refractivity (Wildman–Crippen MR) is 62.7 cm³/mol. The Balaban J connectivity index is 2.04. The Morgan fingerprint density at radius 2 is 1.87 bits per heavy atom. The van der Waals surface area contributed by atoms with Crippen molar-refractivity contribution in [1.82, 2.24) is 0 Å². The minimum Gasteiger partial charge on any atom is -0.281 e. The van der Waals surface area contributed by atoms with Gasteiger partial charge in [-0.3, -0.25) is 4.79 Å². The normalized spacial score (nSPS) is 43.5. The summed E-state index contributed by atoms with van der Waals surface area (Å²) in [6.07, 6.45) is 5.85. The molecule has 2 saturated carbocycles. The molecule has 2 aliphatic rings. The standard InChI is InChI=1S/C13H21ClO/c1-3-10-8-5-9(7-13(14)15)12(6-8)11(10)4-2/h8-12H,3-7H2,1-2H3. The van der Waals surface area contributed by atoms with Gasteiger partial charge in [0.2, 0.25) is 5.24 Å². The second-order valence-corrected chi connectivity index (χ2v) is 5.78. The number of carbonyl (C=O) groups is 1.